The van der Waals surface area contributed by atoms with Gasteiger partial charge in [0.1, 0.15) is 0 Å². The second-order valence-corrected chi connectivity index (χ2v) is 5.65. The molecule has 0 bridgehead atoms. The van der Waals surface area contributed by atoms with Crippen LogP contribution in [0.2, 0.25) is 0 Å². The molecule has 0 aromatic carbocycles. The van der Waals surface area contributed by atoms with E-state index in [-0.39, 0.29) is 6.04 Å². The molecule has 2 N–H and O–H groups in total. The van der Waals surface area contributed by atoms with Gasteiger partial charge in [-0.2, -0.15) is 11.8 Å². The second kappa shape index (κ2) is 4.67. The van der Waals surface area contributed by atoms with Crippen LogP contribution >= 0.6 is 11.8 Å². The summed E-state index contributed by atoms with van der Waals surface area (Å²) >= 11 is 2.03. The largest absolute Gasteiger partial charge is 0.389 e. The van der Waals surface area contributed by atoms with Crippen molar-refractivity contribution >= 4 is 11.8 Å². The van der Waals surface area contributed by atoms with Crippen LogP contribution in [0.15, 0.2) is 0 Å². The Bertz CT molecular complexity index is 149. The third kappa shape index (κ3) is 3.88. The highest BCUT2D eigenvalue weighted by Gasteiger charge is 2.25. The monoisotopic (exact) mass is 203 g/mol. The van der Waals surface area contributed by atoms with Gasteiger partial charge < -0.3 is 10.4 Å². The van der Waals surface area contributed by atoms with E-state index in [2.05, 4.69) is 12.2 Å². The van der Waals surface area contributed by atoms with Crippen molar-refractivity contribution in [2.24, 2.45) is 0 Å². The molecule has 2 nitrogen and oxygen atoms in total. The fourth-order valence-electron chi connectivity index (χ4n) is 1.42. The average molecular weight is 203 g/mol. The minimum atomic E-state index is -0.607. The quantitative estimate of drug-likeness (QED) is 0.731. The maximum Gasteiger partial charge on any atom is 0.0741 e. The van der Waals surface area contributed by atoms with Crippen LogP contribution in [-0.2, 0) is 0 Å². The smallest absolute Gasteiger partial charge is 0.0741 e. The fourth-order valence-corrected chi connectivity index (χ4v) is 2.53. The molecule has 1 heterocycles. The molecule has 1 unspecified atom stereocenters. The summed E-state index contributed by atoms with van der Waals surface area (Å²) in [7, 11) is 0. The van der Waals surface area contributed by atoms with E-state index in [0.29, 0.717) is 6.04 Å². The van der Waals surface area contributed by atoms with Gasteiger partial charge in [0.15, 0.2) is 0 Å². The van der Waals surface area contributed by atoms with Gasteiger partial charge in [-0.05, 0) is 45.1 Å². The minimum Gasteiger partial charge on any atom is -0.389 e. The molecule has 0 aliphatic carbocycles. The average Bonchev–Trinajstić information content (AvgIpc) is 2.04. The lowest BCUT2D eigenvalue weighted by atomic mass is 9.99. The molecule has 1 aliphatic rings. The van der Waals surface area contributed by atoms with Gasteiger partial charge in [0.2, 0.25) is 0 Å². The molecule has 78 valence electrons. The van der Waals surface area contributed by atoms with Gasteiger partial charge in [-0.1, -0.05) is 0 Å². The van der Waals surface area contributed by atoms with Crippen LogP contribution < -0.4 is 5.32 Å². The van der Waals surface area contributed by atoms with Crippen molar-refractivity contribution in [1.29, 1.82) is 0 Å². The highest BCUT2D eigenvalue weighted by Crippen LogP contribution is 2.19. The molecule has 1 fully saturated rings. The Morgan fingerprint density at radius 3 is 2.38 bits per heavy atom. The van der Waals surface area contributed by atoms with Gasteiger partial charge in [0.25, 0.3) is 0 Å². The van der Waals surface area contributed by atoms with E-state index < -0.39 is 5.60 Å². The van der Waals surface area contributed by atoms with E-state index >= 15 is 0 Å². The zero-order valence-corrected chi connectivity index (χ0v) is 9.66. The Labute approximate surface area is 85.5 Å². The van der Waals surface area contributed by atoms with Crippen LogP contribution in [0.25, 0.3) is 0 Å². The van der Waals surface area contributed by atoms with Crippen LogP contribution in [-0.4, -0.2) is 34.3 Å². The van der Waals surface area contributed by atoms with Crippen molar-refractivity contribution < 1.29 is 5.11 Å². The van der Waals surface area contributed by atoms with E-state index in [1.54, 1.807) is 0 Å². The van der Waals surface area contributed by atoms with Crippen molar-refractivity contribution in [2.75, 3.05) is 11.5 Å². The van der Waals surface area contributed by atoms with E-state index in [1.165, 1.54) is 24.3 Å². The van der Waals surface area contributed by atoms with Crippen molar-refractivity contribution in [3.63, 3.8) is 0 Å². The molecular weight excluding hydrogens is 182 g/mol. The Hall–Kier alpha value is 0.270. The molecule has 0 aromatic rings. The SMILES string of the molecule is CC(NC1CCSCC1)C(C)(C)O. The Balaban J connectivity index is 2.30. The van der Waals surface area contributed by atoms with Gasteiger partial charge in [-0.3, -0.25) is 0 Å². The van der Waals surface area contributed by atoms with Crippen LogP contribution in [0, 0.1) is 0 Å². The maximum atomic E-state index is 9.75. The van der Waals surface area contributed by atoms with Crippen LogP contribution in [0.4, 0.5) is 0 Å². The van der Waals surface area contributed by atoms with Gasteiger partial charge in [0.05, 0.1) is 5.60 Å². The normalized spacial score (nSPS) is 23.1. The minimum absolute atomic E-state index is 0.181. The first kappa shape index (κ1) is 11.3. The van der Waals surface area contributed by atoms with Crippen molar-refractivity contribution in [3.8, 4) is 0 Å². The molecule has 1 rings (SSSR count). The molecule has 0 saturated carbocycles. The first-order chi connectivity index (χ1) is 6.00. The Morgan fingerprint density at radius 2 is 1.92 bits per heavy atom. The second-order valence-electron chi connectivity index (χ2n) is 4.43. The molecule has 3 heteroatoms. The number of nitrogens with one attached hydrogen (secondary N) is 1. The molecule has 0 radical (unpaired) electrons. The summed E-state index contributed by atoms with van der Waals surface area (Å²) < 4.78 is 0. The van der Waals surface area contributed by atoms with E-state index in [0.717, 1.165) is 0 Å². The lowest BCUT2D eigenvalue weighted by molar-refractivity contribution is 0.0393. The highest BCUT2D eigenvalue weighted by molar-refractivity contribution is 7.99. The molecule has 1 atom stereocenters. The third-order valence-electron chi connectivity index (χ3n) is 2.77. The van der Waals surface area contributed by atoms with E-state index in [4.69, 9.17) is 0 Å². The zero-order chi connectivity index (χ0) is 9.90. The van der Waals surface area contributed by atoms with Crippen molar-refractivity contribution in [2.45, 2.75) is 51.3 Å². The van der Waals surface area contributed by atoms with Gasteiger partial charge in [-0.15, -0.1) is 0 Å². The number of rotatable bonds is 3. The Morgan fingerprint density at radius 1 is 1.38 bits per heavy atom. The van der Waals surface area contributed by atoms with Crippen LogP contribution in [0.5, 0.6) is 0 Å². The van der Waals surface area contributed by atoms with Crippen molar-refractivity contribution in [1.82, 2.24) is 5.32 Å². The van der Waals surface area contributed by atoms with E-state index in [1.807, 2.05) is 25.6 Å². The first-order valence-corrected chi connectivity index (χ1v) is 6.22. The molecular formula is C10H21NOS. The molecule has 0 aromatic heterocycles. The Kier molecular flexibility index (Phi) is 4.07. The molecule has 1 saturated heterocycles. The predicted molar refractivity (Wildman–Crippen MR) is 59.2 cm³/mol. The third-order valence-corrected chi connectivity index (χ3v) is 3.82. The number of thioether (sulfide) groups is 1. The van der Waals surface area contributed by atoms with Gasteiger partial charge >= 0.3 is 0 Å². The van der Waals surface area contributed by atoms with Crippen LogP contribution in [0.1, 0.15) is 33.6 Å². The molecule has 13 heavy (non-hydrogen) atoms. The summed E-state index contributed by atoms with van der Waals surface area (Å²) in [6.45, 7) is 5.78. The summed E-state index contributed by atoms with van der Waals surface area (Å²) in [6.07, 6.45) is 2.48. The predicted octanol–water partition coefficient (Wildman–Crippen LogP) is 1.63. The number of hydrogen-bond donors (Lipinski definition) is 2. The highest BCUT2D eigenvalue weighted by atomic mass is 32.2. The summed E-state index contributed by atoms with van der Waals surface area (Å²) in [4.78, 5) is 0. The molecule has 0 spiro atoms. The van der Waals surface area contributed by atoms with Gasteiger partial charge in [-0.25, -0.2) is 0 Å². The first-order valence-electron chi connectivity index (χ1n) is 5.06. The zero-order valence-electron chi connectivity index (χ0n) is 8.84. The topological polar surface area (TPSA) is 32.3 Å². The molecule has 1 aliphatic heterocycles. The summed E-state index contributed by atoms with van der Waals surface area (Å²) in [5.74, 6) is 2.52. The summed E-state index contributed by atoms with van der Waals surface area (Å²) in [6, 6.07) is 0.795. The summed E-state index contributed by atoms with van der Waals surface area (Å²) in [5, 5.41) is 13.2. The van der Waals surface area contributed by atoms with Crippen molar-refractivity contribution in [3.05, 3.63) is 0 Å². The fraction of sp³-hybridized carbons (Fsp3) is 1.00. The lowest BCUT2D eigenvalue weighted by Crippen LogP contribution is -2.49. The number of hydrogen-bond acceptors (Lipinski definition) is 3. The number of aliphatic hydroxyl groups is 1. The van der Waals surface area contributed by atoms with Gasteiger partial charge in [0, 0.05) is 12.1 Å². The maximum absolute atomic E-state index is 9.75. The molecule has 0 amide bonds. The standard InChI is InChI=1S/C10H21NOS/c1-8(10(2,3)12)11-9-4-6-13-7-5-9/h8-9,11-12H,4-7H2,1-3H3. The summed E-state index contributed by atoms with van der Waals surface area (Å²) in [5.41, 5.74) is -0.607. The lowest BCUT2D eigenvalue weighted by Gasteiger charge is -2.32. The van der Waals surface area contributed by atoms with Crippen LogP contribution in [0.3, 0.4) is 0 Å². The van der Waals surface area contributed by atoms with E-state index in [9.17, 15) is 5.11 Å².